The number of fused-ring (bicyclic) bond motifs is 1. The summed E-state index contributed by atoms with van der Waals surface area (Å²) in [6.45, 7) is 3.32. The quantitative estimate of drug-likeness (QED) is 0.926. The van der Waals surface area contributed by atoms with Gasteiger partial charge in [0, 0.05) is 19.4 Å². The monoisotopic (exact) mass is 343 g/mol. The molecule has 0 bridgehead atoms. The number of nitrogens with zero attached hydrogens (tertiary/aromatic N) is 2. The molecule has 1 N–H and O–H groups in total. The summed E-state index contributed by atoms with van der Waals surface area (Å²) in [5.74, 6) is 0.999. The van der Waals surface area contributed by atoms with Crippen molar-refractivity contribution in [3.05, 3.63) is 36.7 Å². The fourth-order valence-electron chi connectivity index (χ4n) is 3.17. The highest BCUT2D eigenvalue weighted by molar-refractivity contribution is 5.94. The van der Waals surface area contributed by atoms with Gasteiger partial charge in [0.15, 0.2) is 11.5 Å². The summed E-state index contributed by atoms with van der Waals surface area (Å²) in [6.07, 6.45) is 4.30. The number of hydrogen-bond donors (Lipinski definition) is 1. The van der Waals surface area contributed by atoms with E-state index in [2.05, 4.69) is 10.4 Å². The minimum atomic E-state index is -0.707. The first-order chi connectivity index (χ1) is 12.2. The third-order valence-electron chi connectivity index (χ3n) is 4.53. The van der Waals surface area contributed by atoms with Crippen molar-refractivity contribution in [2.45, 2.75) is 38.0 Å². The van der Waals surface area contributed by atoms with E-state index in [1.165, 1.54) is 0 Å². The third-order valence-corrected chi connectivity index (χ3v) is 4.53. The van der Waals surface area contributed by atoms with E-state index in [0.717, 1.165) is 26.1 Å². The lowest BCUT2D eigenvalue weighted by Gasteiger charge is -2.30. The molecule has 1 amide bonds. The van der Waals surface area contributed by atoms with E-state index in [-0.39, 0.29) is 12.0 Å². The Morgan fingerprint density at radius 3 is 2.68 bits per heavy atom. The number of benzene rings is 1. The smallest absolute Gasteiger partial charge is 0.269 e. The second kappa shape index (κ2) is 6.76. The van der Waals surface area contributed by atoms with E-state index >= 15 is 0 Å². The standard InChI is InChI=1S/C18H21N3O4/c1-12-17(25-16-5-3-2-4-15(16)24-12)18(22)20-13-10-19-21(11-13)14-6-8-23-9-7-14/h2-5,10-12,14,17H,6-9H2,1H3,(H,20,22)/t12-,17+/m1/s1. The first-order valence-corrected chi connectivity index (χ1v) is 8.56. The van der Waals surface area contributed by atoms with Gasteiger partial charge >= 0.3 is 0 Å². The highest BCUT2D eigenvalue weighted by atomic mass is 16.6. The average molecular weight is 343 g/mol. The molecular weight excluding hydrogens is 322 g/mol. The van der Waals surface area contributed by atoms with Crippen molar-refractivity contribution >= 4 is 11.6 Å². The van der Waals surface area contributed by atoms with E-state index in [9.17, 15) is 4.79 Å². The van der Waals surface area contributed by atoms with Gasteiger partial charge in [-0.15, -0.1) is 0 Å². The Balaban J connectivity index is 1.43. The number of para-hydroxylation sites is 2. The van der Waals surface area contributed by atoms with Crippen LogP contribution in [0.1, 0.15) is 25.8 Å². The molecule has 2 aliphatic rings. The highest BCUT2D eigenvalue weighted by Crippen LogP contribution is 2.33. The first-order valence-electron chi connectivity index (χ1n) is 8.56. The minimum Gasteiger partial charge on any atom is -0.482 e. The predicted molar refractivity (Wildman–Crippen MR) is 90.9 cm³/mol. The van der Waals surface area contributed by atoms with Crippen molar-refractivity contribution in [1.82, 2.24) is 9.78 Å². The number of carbonyl (C=O) groups excluding carboxylic acids is 1. The van der Waals surface area contributed by atoms with E-state index < -0.39 is 6.10 Å². The number of ether oxygens (including phenoxy) is 3. The van der Waals surface area contributed by atoms with Crippen molar-refractivity contribution < 1.29 is 19.0 Å². The van der Waals surface area contributed by atoms with Crippen LogP contribution in [0.4, 0.5) is 5.69 Å². The van der Waals surface area contributed by atoms with E-state index in [1.807, 2.05) is 36.0 Å². The van der Waals surface area contributed by atoms with Gasteiger partial charge in [-0.25, -0.2) is 0 Å². The maximum Gasteiger partial charge on any atom is 0.269 e. The van der Waals surface area contributed by atoms with Gasteiger partial charge in [0.2, 0.25) is 6.10 Å². The van der Waals surface area contributed by atoms with Gasteiger partial charge in [-0.1, -0.05) is 12.1 Å². The predicted octanol–water partition coefficient (Wildman–Crippen LogP) is 2.40. The van der Waals surface area contributed by atoms with Crippen LogP contribution in [-0.4, -0.2) is 41.1 Å². The normalized spacial score (nSPS) is 23.2. The van der Waals surface area contributed by atoms with Crippen LogP contribution in [0.3, 0.4) is 0 Å². The van der Waals surface area contributed by atoms with Crippen LogP contribution in [-0.2, 0) is 9.53 Å². The molecule has 0 spiro atoms. The van der Waals surface area contributed by atoms with Crippen LogP contribution in [0.5, 0.6) is 11.5 Å². The molecule has 7 heteroatoms. The SMILES string of the molecule is C[C@H]1Oc2ccccc2O[C@@H]1C(=O)Nc1cnn(C2CCOCC2)c1. The summed E-state index contributed by atoms with van der Waals surface area (Å²) in [7, 11) is 0. The van der Waals surface area contributed by atoms with Crippen LogP contribution in [0, 0.1) is 0 Å². The molecule has 1 aromatic carbocycles. The number of hydrogen-bond acceptors (Lipinski definition) is 5. The number of aromatic nitrogens is 2. The molecule has 2 atom stereocenters. The van der Waals surface area contributed by atoms with Crippen LogP contribution in [0.15, 0.2) is 36.7 Å². The maximum atomic E-state index is 12.6. The molecule has 1 aromatic heterocycles. The second-order valence-corrected chi connectivity index (χ2v) is 6.35. The molecule has 25 heavy (non-hydrogen) atoms. The molecule has 132 valence electrons. The van der Waals surface area contributed by atoms with Gasteiger partial charge in [-0.05, 0) is 31.9 Å². The Labute approximate surface area is 145 Å². The molecule has 0 aliphatic carbocycles. The Hall–Kier alpha value is -2.54. The fourth-order valence-corrected chi connectivity index (χ4v) is 3.17. The molecule has 1 fully saturated rings. The molecule has 2 aliphatic heterocycles. The number of rotatable bonds is 3. The largest absolute Gasteiger partial charge is 0.482 e. The van der Waals surface area contributed by atoms with E-state index in [4.69, 9.17) is 14.2 Å². The zero-order valence-electron chi connectivity index (χ0n) is 14.1. The van der Waals surface area contributed by atoms with Crippen LogP contribution < -0.4 is 14.8 Å². The van der Waals surface area contributed by atoms with Crippen molar-refractivity contribution in [1.29, 1.82) is 0 Å². The Bertz CT molecular complexity index is 754. The van der Waals surface area contributed by atoms with Gasteiger partial charge in [-0.3, -0.25) is 9.48 Å². The molecular formula is C18H21N3O4. The van der Waals surface area contributed by atoms with E-state index in [0.29, 0.717) is 23.2 Å². The van der Waals surface area contributed by atoms with E-state index in [1.54, 1.807) is 12.3 Å². The van der Waals surface area contributed by atoms with Crippen molar-refractivity contribution in [3.63, 3.8) is 0 Å². The Kier molecular flexibility index (Phi) is 4.31. The molecule has 0 unspecified atom stereocenters. The van der Waals surface area contributed by atoms with Crippen molar-refractivity contribution in [3.8, 4) is 11.5 Å². The van der Waals surface area contributed by atoms with Gasteiger partial charge < -0.3 is 19.5 Å². The minimum absolute atomic E-state index is 0.242. The summed E-state index contributed by atoms with van der Waals surface area (Å²) in [6, 6.07) is 7.67. The highest BCUT2D eigenvalue weighted by Gasteiger charge is 2.34. The lowest BCUT2D eigenvalue weighted by Crippen LogP contribution is -2.46. The molecule has 4 rings (SSSR count). The molecule has 2 aromatic rings. The van der Waals surface area contributed by atoms with Crippen molar-refractivity contribution in [2.24, 2.45) is 0 Å². The zero-order chi connectivity index (χ0) is 17.2. The summed E-state index contributed by atoms with van der Waals surface area (Å²) in [5.41, 5.74) is 0.658. The van der Waals surface area contributed by atoms with Gasteiger partial charge in [0.05, 0.1) is 17.9 Å². The third kappa shape index (κ3) is 3.32. The van der Waals surface area contributed by atoms with Crippen LogP contribution >= 0.6 is 0 Å². The number of carbonyl (C=O) groups is 1. The molecule has 0 radical (unpaired) electrons. The first kappa shape index (κ1) is 16.0. The fraction of sp³-hybridized carbons (Fsp3) is 0.444. The Morgan fingerprint density at radius 1 is 1.20 bits per heavy atom. The molecule has 1 saturated heterocycles. The molecule has 0 saturated carbocycles. The second-order valence-electron chi connectivity index (χ2n) is 6.35. The maximum absolute atomic E-state index is 12.6. The van der Waals surface area contributed by atoms with Crippen LogP contribution in [0.25, 0.3) is 0 Å². The Morgan fingerprint density at radius 2 is 1.92 bits per heavy atom. The summed E-state index contributed by atoms with van der Waals surface area (Å²) in [5, 5.41) is 7.24. The number of amides is 1. The number of anilines is 1. The lowest BCUT2D eigenvalue weighted by molar-refractivity contribution is -0.128. The summed E-state index contributed by atoms with van der Waals surface area (Å²) >= 11 is 0. The molecule has 7 nitrogen and oxygen atoms in total. The van der Waals surface area contributed by atoms with Crippen LogP contribution in [0.2, 0.25) is 0 Å². The van der Waals surface area contributed by atoms with Crippen molar-refractivity contribution in [2.75, 3.05) is 18.5 Å². The lowest BCUT2D eigenvalue weighted by atomic mass is 10.1. The van der Waals surface area contributed by atoms with Gasteiger partial charge in [0.25, 0.3) is 5.91 Å². The zero-order valence-corrected chi connectivity index (χ0v) is 14.1. The van der Waals surface area contributed by atoms with Gasteiger partial charge in [-0.2, -0.15) is 5.10 Å². The summed E-state index contributed by atoms with van der Waals surface area (Å²) in [4.78, 5) is 12.6. The van der Waals surface area contributed by atoms with Gasteiger partial charge in [0.1, 0.15) is 6.10 Å². The number of nitrogens with one attached hydrogen (secondary N) is 1. The summed E-state index contributed by atoms with van der Waals surface area (Å²) < 4.78 is 18.9. The molecule has 3 heterocycles. The average Bonchev–Trinajstić information content (AvgIpc) is 3.10. The topological polar surface area (TPSA) is 74.6 Å².